The second-order valence-electron chi connectivity index (χ2n) is 6.44. The van der Waals surface area contributed by atoms with E-state index in [0.717, 1.165) is 27.2 Å². The maximum Gasteiger partial charge on any atom is 0.261 e. The number of carbonyl (C=O) groups is 1. The molecular formula is C20H23N2OS+. The Morgan fingerprint density at radius 2 is 1.71 bits per heavy atom. The lowest BCUT2D eigenvalue weighted by Gasteiger charge is -2.08. The largest absolute Gasteiger partial charge is 0.347 e. The fourth-order valence-electron chi connectivity index (χ4n) is 2.84. The number of thiophene rings is 1. The van der Waals surface area contributed by atoms with Gasteiger partial charge in [-0.05, 0) is 29.5 Å². The van der Waals surface area contributed by atoms with Gasteiger partial charge in [-0.1, -0.05) is 42.5 Å². The average Bonchev–Trinajstić information content (AvgIpc) is 2.91. The highest BCUT2D eigenvalue weighted by molar-refractivity contribution is 7.21. The number of hydrogen-bond acceptors (Lipinski definition) is 2. The Bertz CT molecular complexity index is 850. The molecule has 2 N–H and O–H groups in total. The molecule has 0 aliphatic carbocycles. The predicted octanol–water partition coefficient (Wildman–Crippen LogP) is 2.78. The third-order valence-electron chi connectivity index (χ3n) is 4.08. The van der Waals surface area contributed by atoms with E-state index in [-0.39, 0.29) is 5.91 Å². The predicted molar refractivity (Wildman–Crippen MR) is 101 cm³/mol. The first kappa shape index (κ1) is 16.7. The first-order valence-corrected chi connectivity index (χ1v) is 8.99. The first-order valence-electron chi connectivity index (χ1n) is 8.18. The summed E-state index contributed by atoms with van der Waals surface area (Å²) in [5, 5.41) is 4.21. The van der Waals surface area contributed by atoms with Crippen molar-refractivity contribution in [2.24, 2.45) is 0 Å². The number of amides is 1. The van der Waals surface area contributed by atoms with Crippen molar-refractivity contribution in [2.45, 2.75) is 20.0 Å². The lowest BCUT2D eigenvalue weighted by atomic mass is 10.1. The number of carbonyl (C=O) groups excluding carboxylic acids is 1. The van der Waals surface area contributed by atoms with Crippen molar-refractivity contribution in [1.82, 2.24) is 5.32 Å². The average molecular weight is 339 g/mol. The normalized spacial score (nSPS) is 11.2. The maximum absolute atomic E-state index is 12.5. The monoisotopic (exact) mass is 339 g/mol. The molecule has 1 amide bonds. The summed E-state index contributed by atoms with van der Waals surface area (Å²) in [4.78, 5) is 14.7. The lowest BCUT2D eigenvalue weighted by molar-refractivity contribution is -0.872. The van der Waals surface area contributed by atoms with Gasteiger partial charge in [0, 0.05) is 16.8 Å². The van der Waals surface area contributed by atoms with Gasteiger partial charge in [0.2, 0.25) is 0 Å². The summed E-state index contributed by atoms with van der Waals surface area (Å²) in [6.07, 6.45) is 0. The van der Waals surface area contributed by atoms with E-state index in [4.69, 9.17) is 0 Å². The SMILES string of the molecule is Cc1c(C(=O)NCc2ccc(C[NH+](C)C)cc2)sc2ccccc12. The van der Waals surface area contributed by atoms with Crippen molar-refractivity contribution in [1.29, 1.82) is 0 Å². The van der Waals surface area contributed by atoms with Crippen LogP contribution in [0.15, 0.2) is 48.5 Å². The highest BCUT2D eigenvalue weighted by Crippen LogP contribution is 2.30. The molecule has 0 aliphatic rings. The van der Waals surface area contributed by atoms with E-state index in [1.165, 1.54) is 15.8 Å². The number of rotatable bonds is 5. The number of quaternary nitrogens is 1. The third-order valence-corrected chi connectivity index (χ3v) is 5.36. The van der Waals surface area contributed by atoms with Crippen LogP contribution in [0.1, 0.15) is 26.4 Å². The lowest BCUT2D eigenvalue weighted by Crippen LogP contribution is -3.04. The van der Waals surface area contributed by atoms with Crippen LogP contribution in [-0.2, 0) is 13.1 Å². The summed E-state index contributed by atoms with van der Waals surface area (Å²) in [6.45, 7) is 3.58. The fourth-order valence-corrected chi connectivity index (χ4v) is 3.96. The van der Waals surface area contributed by atoms with E-state index < -0.39 is 0 Å². The molecule has 124 valence electrons. The summed E-state index contributed by atoms with van der Waals surface area (Å²) in [7, 11) is 4.28. The Balaban J connectivity index is 1.67. The van der Waals surface area contributed by atoms with E-state index in [9.17, 15) is 4.79 Å². The summed E-state index contributed by atoms with van der Waals surface area (Å²) >= 11 is 1.56. The topological polar surface area (TPSA) is 33.5 Å². The Kier molecular flexibility index (Phi) is 4.97. The van der Waals surface area contributed by atoms with Crippen molar-refractivity contribution in [3.05, 3.63) is 70.1 Å². The second-order valence-corrected chi connectivity index (χ2v) is 7.49. The maximum atomic E-state index is 12.5. The number of aryl methyl sites for hydroxylation is 1. The number of benzene rings is 2. The molecule has 2 aromatic carbocycles. The smallest absolute Gasteiger partial charge is 0.261 e. The Morgan fingerprint density at radius 1 is 1.04 bits per heavy atom. The molecule has 0 bridgehead atoms. The number of fused-ring (bicyclic) bond motifs is 1. The van der Waals surface area contributed by atoms with Crippen LogP contribution in [0.4, 0.5) is 0 Å². The van der Waals surface area contributed by atoms with Crippen LogP contribution in [0.5, 0.6) is 0 Å². The molecule has 4 heteroatoms. The van der Waals surface area contributed by atoms with Crippen LogP contribution >= 0.6 is 11.3 Å². The van der Waals surface area contributed by atoms with Crippen LogP contribution in [0.2, 0.25) is 0 Å². The Hall–Kier alpha value is -2.17. The van der Waals surface area contributed by atoms with Gasteiger partial charge in [-0.2, -0.15) is 0 Å². The molecule has 1 aromatic heterocycles. The molecule has 3 nitrogen and oxygen atoms in total. The zero-order valence-corrected chi connectivity index (χ0v) is 15.2. The summed E-state index contributed by atoms with van der Waals surface area (Å²) in [6, 6.07) is 16.6. The van der Waals surface area contributed by atoms with Crippen LogP contribution in [0.3, 0.4) is 0 Å². The molecule has 0 fully saturated rings. The quantitative estimate of drug-likeness (QED) is 0.736. The highest BCUT2D eigenvalue weighted by atomic mass is 32.1. The standard InChI is InChI=1S/C20H22N2OS/c1-14-17-6-4-5-7-18(17)24-19(14)20(23)21-12-15-8-10-16(11-9-15)13-22(2)3/h4-11H,12-13H2,1-3H3,(H,21,23)/p+1. The van der Waals surface area contributed by atoms with Crippen LogP contribution in [0, 0.1) is 6.92 Å². The minimum atomic E-state index is 0.00973. The third kappa shape index (κ3) is 3.66. The van der Waals surface area contributed by atoms with Crippen LogP contribution < -0.4 is 10.2 Å². The molecule has 3 rings (SSSR count). The van der Waals surface area contributed by atoms with E-state index >= 15 is 0 Å². The summed E-state index contributed by atoms with van der Waals surface area (Å²) in [5.74, 6) is 0.00973. The molecule has 0 radical (unpaired) electrons. The highest BCUT2D eigenvalue weighted by Gasteiger charge is 2.14. The molecular weight excluding hydrogens is 316 g/mol. The number of nitrogens with one attached hydrogen (secondary N) is 2. The van der Waals surface area contributed by atoms with E-state index in [1.54, 1.807) is 11.3 Å². The van der Waals surface area contributed by atoms with Gasteiger partial charge in [-0.25, -0.2) is 0 Å². The summed E-state index contributed by atoms with van der Waals surface area (Å²) < 4.78 is 1.16. The van der Waals surface area contributed by atoms with Crippen molar-refractivity contribution in [2.75, 3.05) is 14.1 Å². The van der Waals surface area contributed by atoms with Gasteiger partial charge in [0.1, 0.15) is 6.54 Å². The van der Waals surface area contributed by atoms with E-state index in [1.807, 2.05) is 19.1 Å². The van der Waals surface area contributed by atoms with Gasteiger partial charge < -0.3 is 10.2 Å². The van der Waals surface area contributed by atoms with Crippen molar-refractivity contribution in [3.8, 4) is 0 Å². The van der Waals surface area contributed by atoms with Gasteiger partial charge >= 0.3 is 0 Å². The zero-order valence-electron chi connectivity index (χ0n) is 14.3. The van der Waals surface area contributed by atoms with Crippen LogP contribution in [0.25, 0.3) is 10.1 Å². The van der Waals surface area contributed by atoms with Gasteiger partial charge in [0.05, 0.1) is 19.0 Å². The fraction of sp³-hybridized carbons (Fsp3) is 0.250. The molecule has 3 aromatic rings. The van der Waals surface area contributed by atoms with E-state index in [0.29, 0.717) is 6.54 Å². The molecule has 1 heterocycles. The molecule has 0 saturated carbocycles. The molecule has 0 saturated heterocycles. The van der Waals surface area contributed by atoms with E-state index in [2.05, 4.69) is 55.8 Å². The first-order chi connectivity index (χ1) is 11.5. The minimum absolute atomic E-state index is 0.00973. The van der Waals surface area contributed by atoms with Gasteiger partial charge in [0.25, 0.3) is 5.91 Å². The Morgan fingerprint density at radius 3 is 2.38 bits per heavy atom. The molecule has 0 aliphatic heterocycles. The van der Waals surface area contributed by atoms with Crippen molar-refractivity contribution in [3.63, 3.8) is 0 Å². The molecule has 0 unspecified atom stereocenters. The second kappa shape index (κ2) is 7.16. The molecule has 0 atom stereocenters. The van der Waals surface area contributed by atoms with Gasteiger partial charge in [-0.3, -0.25) is 4.79 Å². The Labute approximate surface area is 146 Å². The zero-order chi connectivity index (χ0) is 17.1. The minimum Gasteiger partial charge on any atom is -0.347 e. The van der Waals surface area contributed by atoms with Gasteiger partial charge in [0.15, 0.2) is 0 Å². The molecule has 0 spiro atoms. The summed E-state index contributed by atoms with van der Waals surface area (Å²) in [5.41, 5.74) is 3.50. The molecule has 24 heavy (non-hydrogen) atoms. The number of hydrogen-bond donors (Lipinski definition) is 2. The van der Waals surface area contributed by atoms with Crippen molar-refractivity contribution < 1.29 is 9.69 Å². The van der Waals surface area contributed by atoms with Crippen LogP contribution in [-0.4, -0.2) is 20.0 Å². The van der Waals surface area contributed by atoms with Crippen molar-refractivity contribution >= 4 is 27.3 Å². The van der Waals surface area contributed by atoms with Gasteiger partial charge in [-0.15, -0.1) is 11.3 Å².